The first kappa shape index (κ1) is 18.0. The highest BCUT2D eigenvalue weighted by Gasteiger charge is 2.16. The van der Waals surface area contributed by atoms with Gasteiger partial charge in [-0.2, -0.15) is 0 Å². The summed E-state index contributed by atoms with van der Waals surface area (Å²) in [5, 5.41) is 0. The lowest BCUT2D eigenvalue weighted by atomic mass is 10.1. The molecule has 2 aromatic carbocycles. The van der Waals surface area contributed by atoms with Gasteiger partial charge in [-0.25, -0.2) is 13.1 Å². The molecule has 0 aliphatic carbocycles. The minimum absolute atomic E-state index is 0.0400. The predicted octanol–water partition coefficient (Wildman–Crippen LogP) is 4.03. The van der Waals surface area contributed by atoms with Crippen LogP contribution >= 0.6 is 15.9 Å². The first-order chi connectivity index (χ1) is 10.9. The standard InChI is InChI=1S/C17H20BrNO3S/c1-3-22-17-10-6-15(7-11-17)13(2)19-23(20,21)12-14-4-8-16(18)9-5-14/h4-11,13,19H,3,12H2,1-2H3/t13-/m0/s1. The van der Waals surface area contributed by atoms with Gasteiger partial charge in [-0.05, 0) is 49.2 Å². The van der Waals surface area contributed by atoms with E-state index in [1.807, 2.05) is 50.2 Å². The lowest BCUT2D eigenvalue weighted by Crippen LogP contribution is -2.28. The van der Waals surface area contributed by atoms with Gasteiger partial charge in [0.2, 0.25) is 10.0 Å². The molecule has 0 unspecified atom stereocenters. The van der Waals surface area contributed by atoms with Crippen LogP contribution in [0.2, 0.25) is 0 Å². The molecule has 1 atom stereocenters. The van der Waals surface area contributed by atoms with Crippen LogP contribution in [0.4, 0.5) is 0 Å². The second-order valence-corrected chi connectivity index (χ2v) is 7.90. The average Bonchev–Trinajstić information content (AvgIpc) is 2.50. The number of halogens is 1. The van der Waals surface area contributed by atoms with Crippen molar-refractivity contribution >= 4 is 26.0 Å². The highest BCUT2D eigenvalue weighted by atomic mass is 79.9. The van der Waals surface area contributed by atoms with Gasteiger partial charge in [0.25, 0.3) is 0 Å². The number of hydrogen-bond donors (Lipinski definition) is 1. The van der Waals surface area contributed by atoms with E-state index in [2.05, 4.69) is 20.7 Å². The van der Waals surface area contributed by atoms with Crippen LogP contribution in [0, 0.1) is 0 Å². The van der Waals surface area contributed by atoms with Gasteiger partial charge in [-0.3, -0.25) is 0 Å². The number of rotatable bonds is 7. The topological polar surface area (TPSA) is 55.4 Å². The molecule has 2 aromatic rings. The molecular weight excluding hydrogens is 378 g/mol. The Morgan fingerprint density at radius 1 is 1.09 bits per heavy atom. The Hall–Kier alpha value is -1.37. The fourth-order valence-electron chi connectivity index (χ4n) is 2.20. The minimum atomic E-state index is -3.41. The van der Waals surface area contributed by atoms with Crippen molar-refractivity contribution in [2.75, 3.05) is 6.61 Å². The van der Waals surface area contributed by atoms with Crippen LogP contribution in [0.5, 0.6) is 5.75 Å². The normalized spacial score (nSPS) is 12.8. The first-order valence-corrected chi connectivity index (χ1v) is 9.81. The van der Waals surface area contributed by atoms with Crippen LogP contribution < -0.4 is 9.46 Å². The number of sulfonamides is 1. The maximum Gasteiger partial charge on any atom is 0.216 e. The van der Waals surface area contributed by atoms with Crippen molar-refractivity contribution in [3.8, 4) is 5.75 Å². The van der Waals surface area contributed by atoms with Crippen molar-refractivity contribution in [3.05, 3.63) is 64.1 Å². The Kier molecular flexibility index (Phi) is 6.21. The van der Waals surface area contributed by atoms with Crippen molar-refractivity contribution in [1.29, 1.82) is 0 Å². The van der Waals surface area contributed by atoms with Gasteiger partial charge in [-0.15, -0.1) is 0 Å². The third-order valence-corrected chi connectivity index (χ3v) is 5.27. The molecule has 0 saturated heterocycles. The molecule has 23 heavy (non-hydrogen) atoms. The van der Waals surface area contributed by atoms with Crippen LogP contribution in [0.25, 0.3) is 0 Å². The molecule has 0 fully saturated rings. The largest absolute Gasteiger partial charge is 0.494 e. The molecule has 0 saturated carbocycles. The lowest BCUT2D eigenvalue weighted by molar-refractivity contribution is 0.340. The summed E-state index contributed by atoms with van der Waals surface area (Å²) < 4.78 is 33.6. The summed E-state index contributed by atoms with van der Waals surface area (Å²) in [6, 6.07) is 14.4. The molecule has 0 aromatic heterocycles. The van der Waals surface area contributed by atoms with Gasteiger partial charge in [0, 0.05) is 10.5 Å². The maximum atomic E-state index is 12.3. The third-order valence-electron chi connectivity index (χ3n) is 3.32. The van der Waals surface area contributed by atoms with E-state index in [0.29, 0.717) is 6.61 Å². The van der Waals surface area contributed by atoms with Crippen LogP contribution in [0.1, 0.15) is 31.0 Å². The summed E-state index contributed by atoms with van der Waals surface area (Å²) in [4.78, 5) is 0. The fraction of sp³-hybridized carbons (Fsp3) is 0.294. The first-order valence-electron chi connectivity index (χ1n) is 7.37. The van der Waals surface area contributed by atoms with Crippen LogP contribution in [0.15, 0.2) is 53.0 Å². The summed E-state index contributed by atoms with van der Waals surface area (Å²) in [7, 11) is -3.41. The smallest absolute Gasteiger partial charge is 0.216 e. The minimum Gasteiger partial charge on any atom is -0.494 e. The number of benzene rings is 2. The molecule has 2 rings (SSSR count). The van der Waals surface area contributed by atoms with Gasteiger partial charge < -0.3 is 4.74 Å². The van der Waals surface area contributed by atoms with E-state index in [4.69, 9.17) is 4.74 Å². The Morgan fingerprint density at radius 2 is 1.70 bits per heavy atom. The van der Waals surface area contributed by atoms with Crippen molar-refractivity contribution < 1.29 is 13.2 Å². The third kappa shape index (κ3) is 5.64. The van der Waals surface area contributed by atoms with Gasteiger partial charge in [0.05, 0.1) is 12.4 Å². The van der Waals surface area contributed by atoms with E-state index in [1.165, 1.54) is 0 Å². The maximum absolute atomic E-state index is 12.3. The summed E-state index contributed by atoms with van der Waals surface area (Å²) in [5.41, 5.74) is 1.65. The lowest BCUT2D eigenvalue weighted by Gasteiger charge is -2.15. The predicted molar refractivity (Wildman–Crippen MR) is 95.9 cm³/mol. The zero-order chi connectivity index (χ0) is 16.9. The molecule has 0 amide bonds. The second kappa shape index (κ2) is 7.95. The Balaban J connectivity index is 2.02. The van der Waals surface area contributed by atoms with Gasteiger partial charge in [-0.1, -0.05) is 40.2 Å². The Bertz CT molecular complexity index is 727. The second-order valence-electron chi connectivity index (χ2n) is 5.23. The van der Waals surface area contributed by atoms with E-state index < -0.39 is 10.0 Å². The van der Waals surface area contributed by atoms with Crippen LogP contribution in [-0.2, 0) is 15.8 Å². The van der Waals surface area contributed by atoms with E-state index in [-0.39, 0.29) is 11.8 Å². The molecule has 0 bridgehead atoms. The monoisotopic (exact) mass is 397 g/mol. The zero-order valence-corrected chi connectivity index (χ0v) is 15.5. The molecular formula is C17H20BrNO3S. The molecule has 1 N–H and O–H groups in total. The summed E-state index contributed by atoms with van der Waals surface area (Å²) in [5.74, 6) is 0.739. The molecule has 0 heterocycles. The highest BCUT2D eigenvalue weighted by molar-refractivity contribution is 9.10. The fourth-order valence-corrected chi connectivity index (χ4v) is 3.85. The Morgan fingerprint density at radius 3 is 2.26 bits per heavy atom. The molecule has 0 aliphatic heterocycles. The molecule has 124 valence electrons. The van der Waals surface area contributed by atoms with Crippen molar-refractivity contribution in [1.82, 2.24) is 4.72 Å². The molecule has 4 nitrogen and oxygen atoms in total. The Labute approximate surface area is 146 Å². The number of ether oxygens (including phenoxy) is 1. The molecule has 0 spiro atoms. The quantitative estimate of drug-likeness (QED) is 0.766. The zero-order valence-electron chi connectivity index (χ0n) is 13.1. The SMILES string of the molecule is CCOc1ccc([C@H](C)NS(=O)(=O)Cc2ccc(Br)cc2)cc1. The van der Waals surface area contributed by atoms with Gasteiger partial charge in [0.1, 0.15) is 5.75 Å². The van der Waals surface area contributed by atoms with Crippen LogP contribution in [-0.4, -0.2) is 15.0 Å². The summed E-state index contributed by atoms with van der Waals surface area (Å²) in [6.07, 6.45) is 0. The average molecular weight is 398 g/mol. The van der Waals surface area contributed by atoms with Crippen molar-refractivity contribution in [3.63, 3.8) is 0 Å². The van der Waals surface area contributed by atoms with Crippen molar-refractivity contribution in [2.45, 2.75) is 25.6 Å². The van der Waals surface area contributed by atoms with Gasteiger partial charge in [0.15, 0.2) is 0 Å². The van der Waals surface area contributed by atoms with E-state index in [9.17, 15) is 8.42 Å². The molecule has 6 heteroatoms. The summed E-state index contributed by atoms with van der Waals surface area (Å²) >= 11 is 3.34. The number of hydrogen-bond acceptors (Lipinski definition) is 3. The highest BCUT2D eigenvalue weighted by Crippen LogP contribution is 2.19. The number of nitrogens with one attached hydrogen (secondary N) is 1. The van der Waals surface area contributed by atoms with Crippen molar-refractivity contribution in [2.24, 2.45) is 0 Å². The van der Waals surface area contributed by atoms with Crippen LogP contribution in [0.3, 0.4) is 0 Å². The molecule has 0 aliphatic rings. The molecule has 0 radical (unpaired) electrons. The van der Waals surface area contributed by atoms with Gasteiger partial charge >= 0.3 is 0 Å². The van der Waals surface area contributed by atoms with E-state index in [1.54, 1.807) is 12.1 Å². The van der Waals surface area contributed by atoms with E-state index in [0.717, 1.165) is 21.3 Å². The summed E-state index contributed by atoms with van der Waals surface area (Å²) in [6.45, 7) is 4.36. The van der Waals surface area contributed by atoms with E-state index >= 15 is 0 Å².